The molecule has 3 heteroatoms. The zero-order valence-corrected chi connectivity index (χ0v) is 9.01. The number of amidine groups is 1. The number of likely N-dealkylation sites (tertiary alicyclic amines) is 1. The van der Waals surface area contributed by atoms with E-state index >= 15 is 0 Å². The van der Waals surface area contributed by atoms with Gasteiger partial charge in [0.2, 0.25) is 0 Å². The van der Waals surface area contributed by atoms with E-state index in [-0.39, 0.29) is 5.60 Å². The molecule has 1 saturated carbocycles. The molecule has 1 N–H and O–H groups in total. The average Bonchev–Trinajstić information content (AvgIpc) is 2.18. The molecule has 0 bridgehead atoms. The Morgan fingerprint density at radius 3 is 2.21 bits per heavy atom. The van der Waals surface area contributed by atoms with E-state index in [9.17, 15) is 0 Å². The smallest absolute Gasteiger partial charge is 0.129 e. The van der Waals surface area contributed by atoms with Gasteiger partial charge >= 0.3 is 0 Å². The molecule has 2 rings (SSSR count). The normalized spacial score (nSPS) is 25.6. The Balaban J connectivity index is 1.98. The molecule has 0 radical (unpaired) electrons. The largest absolute Gasteiger partial charge is 0.370 e. The van der Waals surface area contributed by atoms with Crippen molar-refractivity contribution >= 4 is 5.84 Å². The molecule has 1 heterocycles. The number of nitrogens with zero attached hydrogens (tertiary/aromatic N) is 1. The molecule has 0 spiro atoms. The van der Waals surface area contributed by atoms with Crippen molar-refractivity contribution in [2.45, 2.75) is 44.1 Å². The first-order chi connectivity index (χ1) is 6.78. The summed E-state index contributed by atoms with van der Waals surface area (Å²) in [5, 5.41) is 8.19. The zero-order chi connectivity index (χ0) is 10.0. The van der Waals surface area contributed by atoms with Crippen LogP contribution in [0, 0.1) is 5.41 Å². The maximum atomic E-state index is 8.19. The van der Waals surface area contributed by atoms with Crippen LogP contribution in [-0.4, -0.2) is 36.5 Å². The highest BCUT2D eigenvalue weighted by molar-refractivity contribution is 5.88. The monoisotopic (exact) mass is 196 g/mol. The number of hydrogen-bond donors (Lipinski definition) is 1. The van der Waals surface area contributed by atoms with Crippen molar-refractivity contribution in [3.8, 4) is 0 Å². The van der Waals surface area contributed by atoms with E-state index in [1.807, 2.05) is 0 Å². The van der Waals surface area contributed by atoms with E-state index in [2.05, 4.69) is 4.90 Å². The Morgan fingerprint density at radius 1 is 1.14 bits per heavy atom. The van der Waals surface area contributed by atoms with Crippen molar-refractivity contribution in [3.05, 3.63) is 0 Å². The van der Waals surface area contributed by atoms with Gasteiger partial charge in [-0.2, -0.15) is 0 Å². The SMILES string of the molecule is COC1(C(=N)N2CCCCC2)CCC1. The number of ether oxygens (including phenoxy) is 1. The third-order valence-electron chi connectivity index (χ3n) is 3.66. The molecule has 0 unspecified atom stereocenters. The summed E-state index contributed by atoms with van der Waals surface area (Å²) in [6, 6.07) is 0. The summed E-state index contributed by atoms with van der Waals surface area (Å²) in [6.45, 7) is 2.12. The molecule has 3 nitrogen and oxygen atoms in total. The average molecular weight is 196 g/mol. The zero-order valence-electron chi connectivity index (χ0n) is 9.01. The van der Waals surface area contributed by atoms with Gasteiger partial charge in [0, 0.05) is 20.2 Å². The molecule has 0 amide bonds. The second kappa shape index (κ2) is 3.89. The molecule has 2 aliphatic rings. The van der Waals surface area contributed by atoms with E-state index in [1.54, 1.807) is 7.11 Å². The minimum atomic E-state index is -0.211. The molecule has 2 fully saturated rings. The molecular formula is C11H20N2O. The lowest BCUT2D eigenvalue weighted by atomic mass is 9.78. The predicted octanol–water partition coefficient (Wildman–Crippen LogP) is 2.02. The molecule has 0 aromatic rings. The van der Waals surface area contributed by atoms with Crippen molar-refractivity contribution in [2.75, 3.05) is 20.2 Å². The fraction of sp³-hybridized carbons (Fsp3) is 0.909. The van der Waals surface area contributed by atoms with Gasteiger partial charge in [0.05, 0.1) is 0 Å². The molecule has 1 aliphatic heterocycles. The van der Waals surface area contributed by atoms with Gasteiger partial charge in [0.1, 0.15) is 11.4 Å². The fourth-order valence-electron chi connectivity index (χ4n) is 2.44. The van der Waals surface area contributed by atoms with Crippen molar-refractivity contribution < 1.29 is 4.74 Å². The van der Waals surface area contributed by atoms with Gasteiger partial charge in [-0.1, -0.05) is 0 Å². The first-order valence-electron chi connectivity index (χ1n) is 5.68. The van der Waals surface area contributed by atoms with Crippen molar-refractivity contribution in [1.29, 1.82) is 5.41 Å². The molecular weight excluding hydrogens is 176 g/mol. The standard InChI is InChI=1S/C11H20N2O/c1-14-11(6-5-7-11)10(12)13-8-3-2-4-9-13/h12H,2-9H2,1H3. The highest BCUT2D eigenvalue weighted by Crippen LogP contribution is 2.37. The summed E-state index contributed by atoms with van der Waals surface area (Å²) in [5.74, 6) is 0.742. The minimum Gasteiger partial charge on any atom is -0.370 e. The summed E-state index contributed by atoms with van der Waals surface area (Å²) in [6.07, 6.45) is 7.09. The van der Waals surface area contributed by atoms with Gasteiger partial charge in [0.15, 0.2) is 0 Å². The summed E-state index contributed by atoms with van der Waals surface area (Å²) in [5.41, 5.74) is -0.211. The quantitative estimate of drug-likeness (QED) is 0.542. The summed E-state index contributed by atoms with van der Waals surface area (Å²) < 4.78 is 5.52. The second-order valence-electron chi connectivity index (χ2n) is 4.45. The van der Waals surface area contributed by atoms with Crippen LogP contribution in [0.5, 0.6) is 0 Å². The maximum Gasteiger partial charge on any atom is 0.129 e. The van der Waals surface area contributed by atoms with E-state index in [4.69, 9.17) is 10.1 Å². The Bertz CT molecular complexity index is 212. The Labute approximate surface area is 85.9 Å². The van der Waals surface area contributed by atoms with Crippen LogP contribution < -0.4 is 0 Å². The van der Waals surface area contributed by atoms with Gasteiger partial charge in [-0.25, -0.2) is 0 Å². The molecule has 14 heavy (non-hydrogen) atoms. The van der Waals surface area contributed by atoms with Crippen molar-refractivity contribution in [3.63, 3.8) is 0 Å². The molecule has 1 aliphatic carbocycles. The van der Waals surface area contributed by atoms with Crippen LogP contribution in [0.3, 0.4) is 0 Å². The first kappa shape index (κ1) is 9.97. The van der Waals surface area contributed by atoms with Crippen LogP contribution in [0.15, 0.2) is 0 Å². The van der Waals surface area contributed by atoms with Gasteiger partial charge in [-0.05, 0) is 38.5 Å². The number of rotatable bonds is 2. The van der Waals surface area contributed by atoms with Crippen LogP contribution in [-0.2, 0) is 4.74 Å². The van der Waals surface area contributed by atoms with Crippen molar-refractivity contribution in [2.24, 2.45) is 0 Å². The number of nitrogens with one attached hydrogen (secondary N) is 1. The second-order valence-corrected chi connectivity index (χ2v) is 4.45. The molecule has 80 valence electrons. The molecule has 0 aromatic carbocycles. The third kappa shape index (κ3) is 1.54. The molecule has 1 saturated heterocycles. The van der Waals surface area contributed by atoms with Crippen LogP contribution in [0.1, 0.15) is 38.5 Å². The van der Waals surface area contributed by atoms with Crippen LogP contribution in [0.25, 0.3) is 0 Å². The van der Waals surface area contributed by atoms with Gasteiger partial charge in [-0.15, -0.1) is 0 Å². The van der Waals surface area contributed by atoms with E-state index in [1.165, 1.54) is 25.7 Å². The highest BCUT2D eigenvalue weighted by atomic mass is 16.5. The topological polar surface area (TPSA) is 36.3 Å². The predicted molar refractivity (Wildman–Crippen MR) is 56.7 cm³/mol. The molecule has 0 aromatic heterocycles. The summed E-state index contributed by atoms with van der Waals surface area (Å²) in [4.78, 5) is 2.21. The van der Waals surface area contributed by atoms with E-state index in [0.29, 0.717) is 0 Å². The number of hydrogen-bond acceptors (Lipinski definition) is 2. The van der Waals surface area contributed by atoms with Gasteiger partial charge in [0.25, 0.3) is 0 Å². The van der Waals surface area contributed by atoms with E-state index < -0.39 is 0 Å². The molecule has 0 atom stereocenters. The fourth-order valence-corrected chi connectivity index (χ4v) is 2.44. The van der Waals surface area contributed by atoms with Crippen LogP contribution >= 0.6 is 0 Å². The lowest BCUT2D eigenvalue weighted by Crippen LogP contribution is -2.55. The lowest BCUT2D eigenvalue weighted by Gasteiger charge is -2.45. The lowest BCUT2D eigenvalue weighted by molar-refractivity contribution is -0.0236. The highest BCUT2D eigenvalue weighted by Gasteiger charge is 2.43. The summed E-state index contributed by atoms with van der Waals surface area (Å²) >= 11 is 0. The van der Waals surface area contributed by atoms with Gasteiger partial charge < -0.3 is 9.64 Å². The Kier molecular flexibility index (Phi) is 2.77. The van der Waals surface area contributed by atoms with Crippen LogP contribution in [0.4, 0.5) is 0 Å². The summed E-state index contributed by atoms with van der Waals surface area (Å²) in [7, 11) is 1.75. The first-order valence-corrected chi connectivity index (χ1v) is 5.68. The van der Waals surface area contributed by atoms with Crippen LogP contribution in [0.2, 0.25) is 0 Å². The Hall–Kier alpha value is -0.570. The number of piperidine rings is 1. The minimum absolute atomic E-state index is 0.211. The maximum absolute atomic E-state index is 8.19. The Morgan fingerprint density at radius 2 is 1.79 bits per heavy atom. The van der Waals surface area contributed by atoms with E-state index in [0.717, 1.165) is 31.8 Å². The van der Waals surface area contributed by atoms with Crippen molar-refractivity contribution in [1.82, 2.24) is 4.90 Å². The van der Waals surface area contributed by atoms with Gasteiger partial charge in [-0.3, -0.25) is 5.41 Å². The third-order valence-corrected chi connectivity index (χ3v) is 3.66. The number of methoxy groups -OCH3 is 1.